The molecule has 2 aromatic heterocycles. The summed E-state index contributed by atoms with van der Waals surface area (Å²) in [6.07, 6.45) is 3.85. The first-order valence-corrected chi connectivity index (χ1v) is 7.98. The van der Waals surface area contributed by atoms with Gasteiger partial charge in [-0.3, -0.25) is 0 Å². The van der Waals surface area contributed by atoms with Crippen LogP contribution in [0, 0.1) is 12.3 Å². The summed E-state index contributed by atoms with van der Waals surface area (Å²) in [6.45, 7) is 10.8. The Balaban J connectivity index is 2.50. The van der Waals surface area contributed by atoms with E-state index in [-0.39, 0.29) is 5.41 Å². The zero-order chi connectivity index (χ0) is 14.9. The van der Waals surface area contributed by atoms with Crippen LogP contribution in [0.4, 0.5) is 5.82 Å². The highest BCUT2D eigenvalue weighted by Gasteiger charge is 2.21. The van der Waals surface area contributed by atoms with Crippen LogP contribution in [-0.4, -0.2) is 27.2 Å². The molecule has 0 bridgehead atoms. The lowest BCUT2D eigenvalue weighted by Gasteiger charge is -2.28. The van der Waals surface area contributed by atoms with Crippen molar-refractivity contribution in [3.63, 3.8) is 0 Å². The lowest BCUT2D eigenvalue weighted by atomic mass is 9.88. The Bertz CT molecular complexity index is 619. The third kappa shape index (κ3) is 3.20. The second kappa shape index (κ2) is 5.56. The van der Waals surface area contributed by atoms with E-state index in [1.54, 1.807) is 11.8 Å². The lowest BCUT2D eigenvalue weighted by Crippen LogP contribution is -2.31. The van der Waals surface area contributed by atoms with Gasteiger partial charge in [-0.05, 0) is 31.6 Å². The van der Waals surface area contributed by atoms with E-state index >= 15 is 0 Å². The maximum absolute atomic E-state index is 4.62. The van der Waals surface area contributed by atoms with Gasteiger partial charge >= 0.3 is 0 Å². The molecule has 1 atom stereocenters. The van der Waals surface area contributed by atoms with Crippen molar-refractivity contribution >= 4 is 28.5 Å². The van der Waals surface area contributed by atoms with Crippen LogP contribution in [-0.2, 0) is 0 Å². The second-order valence-electron chi connectivity index (χ2n) is 6.14. The predicted octanol–water partition coefficient (Wildman–Crippen LogP) is 3.90. The number of hydrogen-bond donors (Lipinski definition) is 1. The van der Waals surface area contributed by atoms with E-state index in [1.807, 2.05) is 25.4 Å². The minimum atomic E-state index is 0.160. The lowest BCUT2D eigenvalue weighted by molar-refractivity contribution is 0.359. The molecule has 0 unspecified atom stereocenters. The van der Waals surface area contributed by atoms with Crippen LogP contribution in [0.5, 0.6) is 0 Å². The molecule has 0 fully saturated rings. The zero-order valence-electron chi connectivity index (χ0n) is 13.0. The fourth-order valence-corrected chi connectivity index (χ4v) is 2.12. The molecule has 2 heterocycles. The monoisotopic (exact) mass is 290 g/mol. The number of nitrogens with zero attached hydrogens (tertiary/aromatic N) is 3. The van der Waals surface area contributed by atoms with Crippen LogP contribution >= 0.6 is 11.8 Å². The minimum Gasteiger partial charge on any atom is -0.365 e. The van der Waals surface area contributed by atoms with Gasteiger partial charge in [0.1, 0.15) is 5.52 Å². The number of anilines is 1. The van der Waals surface area contributed by atoms with E-state index in [0.717, 1.165) is 27.6 Å². The summed E-state index contributed by atoms with van der Waals surface area (Å²) in [5.41, 5.74) is 2.03. The Morgan fingerprint density at radius 1 is 1.25 bits per heavy atom. The molecule has 5 heteroatoms. The van der Waals surface area contributed by atoms with Gasteiger partial charge in [-0.2, -0.15) is 0 Å². The maximum Gasteiger partial charge on any atom is 0.187 e. The van der Waals surface area contributed by atoms with Gasteiger partial charge in [0.2, 0.25) is 0 Å². The summed E-state index contributed by atoms with van der Waals surface area (Å²) < 4.78 is 0. The number of thioether (sulfide) groups is 1. The molecule has 2 aromatic rings. The van der Waals surface area contributed by atoms with E-state index < -0.39 is 0 Å². The normalized spacial score (nSPS) is 13.5. The topological polar surface area (TPSA) is 50.7 Å². The predicted molar refractivity (Wildman–Crippen MR) is 86.4 cm³/mol. The fraction of sp³-hybridized carbons (Fsp3) is 0.533. The first-order valence-electron chi connectivity index (χ1n) is 6.76. The molecule has 0 aliphatic carbocycles. The molecule has 0 spiro atoms. The van der Waals surface area contributed by atoms with Gasteiger partial charge in [0, 0.05) is 23.3 Å². The number of fused-ring (bicyclic) bond motifs is 1. The largest absolute Gasteiger partial charge is 0.365 e. The molecular weight excluding hydrogens is 268 g/mol. The van der Waals surface area contributed by atoms with Crippen molar-refractivity contribution in [3.8, 4) is 0 Å². The van der Waals surface area contributed by atoms with E-state index in [4.69, 9.17) is 0 Å². The third-order valence-corrected chi connectivity index (χ3v) is 4.07. The quantitative estimate of drug-likeness (QED) is 0.686. The summed E-state index contributed by atoms with van der Waals surface area (Å²) in [6, 6.07) is 2.32. The second-order valence-corrected chi connectivity index (χ2v) is 6.91. The summed E-state index contributed by atoms with van der Waals surface area (Å²) in [5.74, 6) is 0.847. The fourth-order valence-electron chi connectivity index (χ4n) is 1.78. The van der Waals surface area contributed by atoms with Gasteiger partial charge in [0.15, 0.2) is 11.0 Å². The smallest absolute Gasteiger partial charge is 0.187 e. The highest BCUT2D eigenvalue weighted by Crippen LogP contribution is 2.27. The number of pyridine rings is 1. The molecule has 0 radical (unpaired) electrons. The third-order valence-electron chi connectivity index (χ3n) is 3.51. The van der Waals surface area contributed by atoms with Crippen LogP contribution < -0.4 is 5.32 Å². The molecule has 4 nitrogen and oxygen atoms in total. The average molecular weight is 290 g/mol. The maximum atomic E-state index is 4.62. The Hall–Kier alpha value is -1.36. The molecule has 108 valence electrons. The molecule has 20 heavy (non-hydrogen) atoms. The standard InChI is InChI=1S/C15H22N4S/c1-9-7-11-8-16-14(20-6)19-12(11)13(17-9)18-10(2)15(3,4)5/h7-8,10H,1-6H3,(H,17,18)/t10-/m0/s1. The molecule has 0 amide bonds. The number of rotatable bonds is 3. The van der Waals surface area contributed by atoms with Crippen molar-refractivity contribution in [1.82, 2.24) is 15.0 Å². The molecule has 0 aliphatic heterocycles. The summed E-state index contributed by atoms with van der Waals surface area (Å²) >= 11 is 1.54. The average Bonchev–Trinajstić information content (AvgIpc) is 2.37. The molecule has 1 N–H and O–H groups in total. The highest BCUT2D eigenvalue weighted by molar-refractivity contribution is 7.98. The minimum absolute atomic E-state index is 0.160. The first-order chi connectivity index (χ1) is 9.31. The SMILES string of the molecule is CSc1ncc2cc(C)nc(N[C@@H](C)C(C)(C)C)c2n1. The molecule has 0 aliphatic rings. The van der Waals surface area contributed by atoms with E-state index in [9.17, 15) is 0 Å². The van der Waals surface area contributed by atoms with Crippen LogP contribution in [0.1, 0.15) is 33.4 Å². The number of hydrogen-bond acceptors (Lipinski definition) is 5. The van der Waals surface area contributed by atoms with Gasteiger partial charge in [-0.1, -0.05) is 32.5 Å². The van der Waals surface area contributed by atoms with Gasteiger partial charge < -0.3 is 5.32 Å². The van der Waals surface area contributed by atoms with E-state index in [0.29, 0.717) is 6.04 Å². The van der Waals surface area contributed by atoms with Crippen molar-refractivity contribution in [2.45, 2.75) is 45.8 Å². The molecular formula is C15H22N4S. The van der Waals surface area contributed by atoms with Gasteiger partial charge in [0.25, 0.3) is 0 Å². The highest BCUT2D eigenvalue weighted by atomic mass is 32.2. The molecule has 0 saturated heterocycles. The molecule has 2 rings (SSSR count). The summed E-state index contributed by atoms with van der Waals surface area (Å²) in [7, 11) is 0. The van der Waals surface area contributed by atoms with Crippen molar-refractivity contribution in [1.29, 1.82) is 0 Å². The van der Waals surface area contributed by atoms with E-state index in [2.05, 4.69) is 48.0 Å². The van der Waals surface area contributed by atoms with Crippen LogP contribution in [0.2, 0.25) is 0 Å². The first kappa shape index (κ1) is 15.0. The van der Waals surface area contributed by atoms with E-state index in [1.165, 1.54) is 0 Å². The van der Waals surface area contributed by atoms with Crippen LogP contribution in [0.25, 0.3) is 10.9 Å². The Morgan fingerprint density at radius 2 is 1.95 bits per heavy atom. The Morgan fingerprint density at radius 3 is 2.55 bits per heavy atom. The summed E-state index contributed by atoms with van der Waals surface area (Å²) in [4.78, 5) is 13.5. The summed E-state index contributed by atoms with van der Waals surface area (Å²) in [5, 5.41) is 5.31. The number of aryl methyl sites for hydroxylation is 1. The van der Waals surface area contributed by atoms with Crippen molar-refractivity contribution in [2.75, 3.05) is 11.6 Å². The van der Waals surface area contributed by atoms with Crippen LogP contribution in [0.3, 0.4) is 0 Å². The van der Waals surface area contributed by atoms with Gasteiger partial charge in [-0.25, -0.2) is 15.0 Å². The van der Waals surface area contributed by atoms with Gasteiger partial charge in [0.05, 0.1) is 0 Å². The number of aromatic nitrogens is 3. The van der Waals surface area contributed by atoms with Gasteiger partial charge in [-0.15, -0.1) is 0 Å². The Labute approximate surface area is 124 Å². The van der Waals surface area contributed by atoms with Crippen molar-refractivity contribution < 1.29 is 0 Å². The molecule has 0 saturated carbocycles. The Kier molecular flexibility index (Phi) is 4.18. The van der Waals surface area contributed by atoms with Crippen molar-refractivity contribution in [3.05, 3.63) is 18.0 Å². The van der Waals surface area contributed by atoms with Crippen LogP contribution in [0.15, 0.2) is 17.4 Å². The number of nitrogens with one attached hydrogen (secondary N) is 1. The molecule has 0 aromatic carbocycles. The van der Waals surface area contributed by atoms with Crippen molar-refractivity contribution in [2.24, 2.45) is 5.41 Å². The zero-order valence-corrected chi connectivity index (χ0v) is 13.8.